The summed E-state index contributed by atoms with van der Waals surface area (Å²) in [4.78, 5) is 43.5. The number of aromatic hydroxyl groups is 1. The van der Waals surface area contributed by atoms with Gasteiger partial charge in [0.1, 0.15) is 22.8 Å². The number of phenols is 1. The molecule has 4 atom stereocenters. The Morgan fingerprint density at radius 2 is 1.71 bits per heavy atom. The number of benzene rings is 1. The lowest BCUT2D eigenvalue weighted by molar-refractivity contribution is -0.127. The van der Waals surface area contributed by atoms with Crippen LogP contribution in [0.4, 0.5) is 5.69 Å². The molecular weight excluding hydrogens is 536 g/mol. The highest BCUT2D eigenvalue weighted by Gasteiger charge is 2.54. The first-order chi connectivity index (χ1) is 19.8. The third-order valence-corrected chi connectivity index (χ3v) is 10.7. The SMILES string of the molecule is CN(C)c1cc(CNC2CCC3(CC2)CC3)c(O)c2c1C[C@H]1C[C@@H]3C(C(=O)C(C(N)=O)=C(O)[C@H]3N(C)C)C(O)=C1C2=O. The van der Waals surface area contributed by atoms with Crippen LogP contribution >= 0.6 is 0 Å². The van der Waals surface area contributed by atoms with Crippen molar-refractivity contribution >= 4 is 23.2 Å². The second kappa shape index (κ2) is 10.1. The number of fused-ring (bicyclic) bond motifs is 3. The van der Waals surface area contributed by atoms with E-state index in [1.165, 1.54) is 25.7 Å². The van der Waals surface area contributed by atoms with Gasteiger partial charge in [-0.2, -0.15) is 0 Å². The molecule has 0 aliphatic heterocycles. The molecule has 0 heterocycles. The van der Waals surface area contributed by atoms with Crippen molar-refractivity contribution in [2.24, 2.45) is 28.9 Å². The summed E-state index contributed by atoms with van der Waals surface area (Å²) in [6.07, 6.45) is 8.07. The van der Waals surface area contributed by atoms with Gasteiger partial charge in [-0.1, -0.05) is 0 Å². The number of phenolic OH excluding ortho intramolecular Hbond substituents is 1. The van der Waals surface area contributed by atoms with Gasteiger partial charge in [0.2, 0.25) is 0 Å². The molecular formula is C32H42N4O6. The maximum Gasteiger partial charge on any atom is 0.255 e. The Kier molecular flexibility index (Phi) is 6.92. The number of hydrogen-bond donors (Lipinski definition) is 5. The van der Waals surface area contributed by atoms with Gasteiger partial charge in [-0.3, -0.25) is 19.3 Å². The molecule has 0 aromatic heterocycles. The van der Waals surface area contributed by atoms with Gasteiger partial charge in [-0.25, -0.2) is 0 Å². The Labute approximate surface area is 246 Å². The Morgan fingerprint density at radius 3 is 2.29 bits per heavy atom. The van der Waals surface area contributed by atoms with Gasteiger partial charge in [0.25, 0.3) is 5.91 Å². The van der Waals surface area contributed by atoms with Crippen molar-refractivity contribution in [1.82, 2.24) is 10.2 Å². The number of anilines is 1. The van der Waals surface area contributed by atoms with Gasteiger partial charge in [0, 0.05) is 43.5 Å². The van der Waals surface area contributed by atoms with Gasteiger partial charge >= 0.3 is 0 Å². The highest BCUT2D eigenvalue weighted by atomic mass is 16.3. The number of rotatable bonds is 6. The summed E-state index contributed by atoms with van der Waals surface area (Å²) in [5.41, 5.74) is 7.95. The van der Waals surface area contributed by atoms with Crippen LogP contribution in [0.5, 0.6) is 5.75 Å². The minimum absolute atomic E-state index is 0.0973. The molecule has 5 aliphatic rings. The normalized spacial score (nSPS) is 28.6. The lowest BCUT2D eigenvalue weighted by atomic mass is 9.60. The number of Topliss-reactive ketones (excluding diaryl/α,β-unsaturated/α-hetero) is 2. The van der Waals surface area contributed by atoms with E-state index in [-0.39, 0.29) is 22.6 Å². The highest BCUT2D eigenvalue weighted by Crippen LogP contribution is 2.56. The van der Waals surface area contributed by atoms with E-state index in [0.29, 0.717) is 42.0 Å². The zero-order valence-corrected chi connectivity index (χ0v) is 24.9. The minimum atomic E-state index is -1.19. The standard InChI is InChI=1S/C32H42N4O6/c1-35(2)20-13-16(14-34-17-5-7-32(8-6-17)9-10-32)26(37)22-18(20)11-15-12-19-23(28(39)21(15)27(22)38)29(40)24(31(33)42)30(41)25(19)36(3)4/h13,15,17,19,23,25,34,37,39,41H,5-12,14H2,1-4H3,(H2,33,42)/t15-,19+,23?,25-/m0/s1. The minimum Gasteiger partial charge on any atom is -0.511 e. The number of primary amides is 1. The summed E-state index contributed by atoms with van der Waals surface area (Å²) in [6, 6.07) is 1.57. The van der Waals surface area contributed by atoms with E-state index in [9.17, 15) is 29.7 Å². The molecule has 226 valence electrons. The van der Waals surface area contributed by atoms with Crippen LogP contribution in [0, 0.1) is 23.2 Å². The molecule has 0 bridgehead atoms. The fourth-order valence-corrected chi connectivity index (χ4v) is 8.27. The maximum atomic E-state index is 14.2. The van der Waals surface area contributed by atoms with Gasteiger partial charge in [-0.15, -0.1) is 0 Å². The fourth-order valence-electron chi connectivity index (χ4n) is 8.27. The number of nitrogens with zero attached hydrogens (tertiary/aromatic N) is 2. The lowest BCUT2D eigenvalue weighted by Crippen LogP contribution is -2.53. The van der Waals surface area contributed by atoms with E-state index in [1.54, 1.807) is 19.0 Å². The van der Waals surface area contributed by atoms with E-state index in [1.807, 2.05) is 25.1 Å². The largest absolute Gasteiger partial charge is 0.511 e. The molecule has 0 radical (unpaired) electrons. The Hall–Kier alpha value is -3.37. The molecule has 10 nitrogen and oxygen atoms in total. The van der Waals surface area contributed by atoms with Crippen LogP contribution in [0.15, 0.2) is 28.7 Å². The number of allylic oxidation sites excluding steroid dienone is 2. The van der Waals surface area contributed by atoms with Crippen molar-refractivity contribution in [3.05, 3.63) is 45.4 Å². The molecule has 42 heavy (non-hydrogen) atoms. The number of nitrogens with one attached hydrogen (secondary N) is 1. The Morgan fingerprint density at radius 1 is 1.05 bits per heavy atom. The number of likely N-dealkylation sites (N-methyl/N-ethyl adjacent to an activating group) is 1. The predicted molar refractivity (Wildman–Crippen MR) is 157 cm³/mol. The van der Waals surface area contributed by atoms with Crippen LogP contribution in [0.25, 0.3) is 0 Å². The summed E-state index contributed by atoms with van der Waals surface area (Å²) in [5.74, 6) is -5.41. The van der Waals surface area contributed by atoms with Crippen LogP contribution in [0.1, 0.15) is 66.4 Å². The van der Waals surface area contributed by atoms with E-state index in [2.05, 4.69) is 5.32 Å². The molecule has 2 saturated carbocycles. The van der Waals surface area contributed by atoms with E-state index in [4.69, 9.17) is 5.73 Å². The van der Waals surface area contributed by atoms with Crippen LogP contribution in [-0.2, 0) is 22.6 Å². The number of ketones is 2. The van der Waals surface area contributed by atoms with Crippen molar-refractivity contribution in [3.63, 3.8) is 0 Å². The zero-order chi connectivity index (χ0) is 30.2. The van der Waals surface area contributed by atoms with Gasteiger partial charge < -0.3 is 31.3 Å². The third kappa shape index (κ3) is 4.41. The number of aliphatic hydroxyl groups is 2. The predicted octanol–water partition coefficient (Wildman–Crippen LogP) is 2.88. The van der Waals surface area contributed by atoms with Crippen molar-refractivity contribution < 1.29 is 29.7 Å². The van der Waals surface area contributed by atoms with Crippen molar-refractivity contribution in [3.8, 4) is 5.75 Å². The molecule has 1 aromatic rings. The first-order valence-corrected chi connectivity index (χ1v) is 15.0. The van der Waals surface area contributed by atoms with Crippen LogP contribution in [-0.4, -0.2) is 78.0 Å². The first-order valence-electron chi connectivity index (χ1n) is 15.0. The highest BCUT2D eigenvalue weighted by molar-refractivity contribution is 6.22. The monoisotopic (exact) mass is 578 g/mol. The summed E-state index contributed by atoms with van der Waals surface area (Å²) >= 11 is 0. The molecule has 1 spiro atoms. The topological polar surface area (TPSA) is 156 Å². The number of amides is 1. The van der Waals surface area contributed by atoms with E-state index >= 15 is 0 Å². The summed E-state index contributed by atoms with van der Waals surface area (Å²) in [5, 5.41) is 37.6. The number of aliphatic hydroxyl groups excluding tert-OH is 2. The fraction of sp³-hybridized carbons (Fsp3) is 0.594. The van der Waals surface area contributed by atoms with Crippen molar-refractivity contribution in [1.29, 1.82) is 0 Å². The molecule has 1 unspecified atom stereocenters. The quantitative estimate of drug-likeness (QED) is 0.320. The summed E-state index contributed by atoms with van der Waals surface area (Å²) in [7, 11) is 7.25. The maximum absolute atomic E-state index is 14.2. The second-order valence-electron chi connectivity index (χ2n) is 13.6. The number of hydrogen-bond acceptors (Lipinski definition) is 9. The average molecular weight is 579 g/mol. The van der Waals surface area contributed by atoms with Crippen LogP contribution in [0.3, 0.4) is 0 Å². The zero-order valence-electron chi connectivity index (χ0n) is 24.9. The van der Waals surface area contributed by atoms with E-state index < -0.39 is 52.6 Å². The summed E-state index contributed by atoms with van der Waals surface area (Å²) in [6.45, 7) is 0.416. The number of carbonyl (C=O) groups is 3. The molecule has 2 fully saturated rings. The molecule has 0 saturated heterocycles. The van der Waals surface area contributed by atoms with Gasteiger partial charge in [-0.05, 0) is 94.3 Å². The molecule has 1 aromatic carbocycles. The average Bonchev–Trinajstić information content (AvgIpc) is 3.66. The Bertz CT molecular complexity index is 1430. The molecule has 1 amide bonds. The van der Waals surface area contributed by atoms with Gasteiger partial charge in [0.05, 0.1) is 17.5 Å². The Balaban J connectivity index is 1.37. The first kappa shape index (κ1) is 28.7. The number of nitrogens with two attached hydrogens (primary N) is 1. The number of carbonyl (C=O) groups excluding carboxylic acids is 3. The van der Waals surface area contributed by atoms with Gasteiger partial charge in [0.15, 0.2) is 11.6 Å². The lowest BCUT2D eigenvalue weighted by Gasteiger charge is -2.46. The van der Waals surface area contributed by atoms with Crippen LogP contribution < -0.4 is 16.0 Å². The second-order valence-corrected chi connectivity index (χ2v) is 13.6. The molecule has 5 aliphatic carbocycles. The van der Waals surface area contributed by atoms with Crippen molar-refractivity contribution in [2.45, 2.75) is 70.0 Å². The molecule has 10 heteroatoms. The third-order valence-electron chi connectivity index (χ3n) is 10.7. The van der Waals surface area contributed by atoms with Crippen molar-refractivity contribution in [2.75, 3.05) is 33.1 Å². The van der Waals surface area contributed by atoms with Crippen LogP contribution in [0.2, 0.25) is 0 Å². The summed E-state index contributed by atoms with van der Waals surface area (Å²) < 4.78 is 0. The molecule has 6 rings (SSSR count). The molecule has 6 N–H and O–H groups in total. The smallest absolute Gasteiger partial charge is 0.255 e. The van der Waals surface area contributed by atoms with E-state index in [0.717, 1.165) is 18.5 Å².